The minimum Gasteiger partial charge on any atom is -0.397 e. The summed E-state index contributed by atoms with van der Waals surface area (Å²) >= 11 is 11.0. The monoisotopic (exact) mass is 405 g/mol. The molecular formula is C15H14Cl2FN3O3S. The average molecular weight is 406 g/mol. The Labute approximate surface area is 154 Å². The fourth-order valence-corrected chi connectivity index (χ4v) is 3.70. The van der Waals surface area contributed by atoms with Crippen LogP contribution in [0.3, 0.4) is 0 Å². The minimum atomic E-state index is -3.85. The summed E-state index contributed by atoms with van der Waals surface area (Å²) in [5.74, 6) is -1.40. The molecule has 3 N–H and O–H groups in total. The van der Waals surface area contributed by atoms with E-state index in [0.717, 1.165) is 6.07 Å². The summed E-state index contributed by atoms with van der Waals surface area (Å²) in [4.78, 5) is 15.3. The number of pyridine rings is 1. The zero-order valence-electron chi connectivity index (χ0n) is 12.8. The normalized spacial score (nSPS) is 11.3. The Morgan fingerprint density at radius 1 is 1.32 bits per heavy atom. The smallest absolute Gasteiger partial charge is 0.256 e. The van der Waals surface area contributed by atoms with Crippen LogP contribution in [0.4, 0.5) is 15.8 Å². The van der Waals surface area contributed by atoms with E-state index in [-0.39, 0.29) is 17.2 Å². The van der Waals surface area contributed by atoms with Gasteiger partial charge in [-0.1, -0.05) is 11.6 Å². The lowest BCUT2D eigenvalue weighted by atomic mass is 10.2. The van der Waals surface area contributed by atoms with Gasteiger partial charge < -0.3 is 5.73 Å². The highest BCUT2D eigenvalue weighted by atomic mass is 35.5. The number of aryl methyl sites for hydroxylation is 1. The lowest BCUT2D eigenvalue weighted by molar-refractivity contribution is 0.107. The Morgan fingerprint density at radius 2 is 2.04 bits per heavy atom. The summed E-state index contributed by atoms with van der Waals surface area (Å²) in [5, 5.41) is -1.32. The van der Waals surface area contributed by atoms with Crippen LogP contribution in [0.5, 0.6) is 0 Å². The summed E-state index contributed by atoms with van der Waals surface area (Å²) in [6, 6.07) is 5.65. The molecule has 0 atom stereocenters. The van der Waals surface area contributed by atoms with Gasteiger partial charge in [0.1, 0.15) is 0 Å². The van der Waals surface area contributed by atoms with Crippen molar-refractivity contribution < 1.29 is 17.6 Å². The topological polar surface area (TPSA) is 102 Å². The number of hydrogen-bond acceptors (Lipinski definition) is 5. The molecule has 0 saturated heterocycles. The van der Waals surface area contributed by atoms with Crippen molar-refractivity contribution in [3.8, 4) is 0 Å². The van der Waals surface area contributed by atoms with Gasteiger partial charge in [-0.25, -0.2) is 12.8 Å². The molecule has 1 aromatic carbocycles. The van der Waals surface area contributed by atoms with E-state index in [1.807, 2.05) is 0 Å². The van der Waals surface area contributed by atoms with E-state index in [1.165, 1.54) is 6.07 Å². The van der Waals surface area contributed by atoms with Crippen molar-refractivity contribution in [3.05, 3.63) is 52.6 Å². The maximum Gasteiger partial charge on any atom is 0.256 e. The summed E-state index contributed by atoms with van der Waals surface area (Å²) in [6.45, 7) is 0. The number of anilines is 2. The quantitative estimate of drug-likeness (QED) is 0.688. The number of nitrogens with one attached hydrogen (secondary N) is 1. The molecule has 0 fully saturated rings. The third-order valence-corrected chi connectivity index (χ3v) is 5.17. The molecule has 0 amide bonds. The molecule has 0 radical (unpaired) electrons. The van der Waals surface area contributed by atoms with Crippen molar-refractivity contribution >= 4 is 49.8 Å². The molecule has 1 aromatic heterocycles. The van der Waals surface area contributed by atoms with Gasteiger partial charge in [-0.2, -0.15) is 0 Å². The van der Waals surface area contributed by atoms with Crippen molar-refractivity contribution in [2.75, 3.05) is 16.2 Å². The molecule has 0 spiro atoms. The zero-order chi connectivity index (χ0) is 18.6. The Bertz CT molecular complexity index is 907. The molecule has 0 aliphatic heterocycles. The first-order valence-corrected chi connectivity index (χ1v) is 9.50. The van der Waals surface area contributed by atoms with Gasteiger partial charge in [0.05, 0.1) is 33.4 Å². The molecule has 25 heavy (non-hydrogen) atoms. The summed E-state index contributed by atoms with van der Waals surface area (Å²) in [6.07, 6.45) is 2.14. The van der Waals surface area contributed by atoms with Gasteiger partial charge in [0.25, 0.3) is 5.24 Å². The van der Waals surface area contributed by atoms with Gasteiger partial charge in [0.2, 0.25) is 10.0 Å². The number of nitrogens with two attached hydrogens (primary N) is 1. The number of carbonyl (C=O) groups is 1. The van der Waals surface area contributed by atoms with Gasteiger partial charge >= 0.3 is 0 Å². The summed E-state index contributed by atoms with van der Waals surface area (Å²) in [5.41, 5.74) is 5.82. The third-order valence-electron chi connectivity index (χ3n) is 3.31. The Hall–Kier alpha value is -1.90. The van der Waals surface area contributed by atoms with Crippen LogP contribution in [0.15, 0.2) is 30.5 Å². The highest BCUT2D eigenvalue weighted by molar-refractivity contribution is 7.92. The number of carbonyl (C=O) groups excluding carboxylic acids is 1. The van der Waals surface area contributed by atoms with E-state index in [0.29, 0.717) is 17.8 Å². The van der Waals surface area contributed by atoms with Crippen molar-refractivity contribution in [2.45, 2.75) is 12.8 Å². The number of sulfonamides is 1. The van der Waals surface area contributed by atoms with Crippen LogP contribution >= 0.6 is 23.2 Å². The number of nitrogen functional groups attached to an aromatic ring is 1. The van der Waals surface area contributed by atoms with Gasteiger partial charge in [-0.3, -0.25) is 14.5 Å². The molecule has 2 rings (SSSR count). The molecule has 134 valence electrons. The fraction of sp³-hybridized carbons (Fsp3) is 0.200. The highest BCUT2D eigenvalue weighted by Crippen LogP contribution is 2.27. The molecular weight excluding hydrogens is 392 g/mol. The zero-order valence-corrected chi connectivity index (χ0v) is 15.1. The number of halogens is 3. The SMILES string of the molecule is Nc1cccnc1CCCS(=O)(=O)Nc1ccc(Cl)c(C(=O)Cl)c1F. The Morgan fingerprint density at radius 3 is 2.68 bits per heavy atom. The van der Waals surface area contributed by atoms with Crippen LogP contribution in [-0.2, 0) is 16.4 Å². The van der Waals surface area contributed by atoms with E-state index in [9.17, 15) is 17.6 Å². The highest BCUT2D eigenvalue weighted by Gasteiger charge is 2.21. The molecule has 10 heteroatoms. The van der Waals surface area contributed by atoms with Crippen LogP contribution in [0.25, 0.3) is 0 Å². The predicted octanol–water partition coefficient (Wildman–Crippen LogP) is 3.21. The van der Waals surface area contributed by atoms with E-state index in [1.54, 1.807) is 18.3 Å². The summed E-state index contributed by atoms with van der Waals surface area (Å²) < 4.78 is 40.5. The number of rotatable bonds is 7. The lowest BCUT2D eigenvalue weighted by Gasteiger charge is -2.11. The maximum atomic E-state index is 14.2. The van der Waals surface area contributed by atoms with Crippen molar-refractivity contribution in [3.63, 3.8) is 0 Å². The molecule has 0 unspecified atom stereocenters. The largest absolute Gasteiger partial charge is 0.397 e. The summed E-state index contributed by atoms with van der Waals surface area (Å²) in [7, 11) is -3.85. The van der Waals surface area contributed by atoms with Crippen LogP contribution in [0.1, 0.15) is 22.5 Å². The first kappa shape index (κ1) is 19.4. The number of nitrogens with zero attached hydrogens (tertiary/aromatic N) is 1. The van der Waals surface area contributed by atoms with Crippen LogP contribution in [-0.4, -0.2) is 24.4 Å². The van der Waals surface area contributed by atoms with Crippen LogP contribution in [0.2, 0.25) is 5.02 Å². The van der Waals surface area contributed by atoms with Crippen molar-refractivity contribution in [2.24, 2.45) is 0 Å². The number of aromatic nitrogens is 1. The molecule has 1 heterocycles. The van der Waals surface area contributed by atoms with Crippen LogP contribution in [0, 0.1) is 5.82 Å². The van der Waals surface area contributed by atoms with Gasteiger partial charge in [-0.15, -0.1) is 0 Å². The molecule has 0 saturated carbocycles. The van der Waals surface area contributed by atoms with Gasteiger partial charge in [0.15, 0.2) is 5.82 Å². The first-order valence-electron chi connectivity index (χ1n) is 7.09. The van der Waals surface area contributed by atoms with Gasteiger partial charge in [0, 0.05) is 6.20 Å². The second kappa shape index (κ2) is 7.99. The Balaban J connectivity index is 2.08. The first-order chi connectivity index (χ1) is 11.7. The van der Waals surface area contributed by atoms with Crippen molar-refractivity contribution in [1.82, 2.24) is 4.98 Å². The molecule has 0 aliphatic rings. The van der Waals surface area contributed by atoms with Gasteiger partial charge in [-0.05, 0) is 48.7 Å². The van der Waals surface area contributed by atoms with E-state index in [4.69, 9.17) is 28.9 Å². The van der Waals surface area contributed by atoms with Crippen LogP contribution < -0.4 is 10.5 Å². The lowest BCUT2D eigenvalue weighted by Crippen LogP contribution is -2.19. The molecule has 0 aliphatic carbocycles. The number of benzene rings is 1. The molecule has 6 nitrogen and oxygen atoms in total. The minimum absolute atomic E-state index is 0.203. The molecule has 0 bridgehead atoms. The van der Waals surface area contributed by atoms with E-state index < -0.39 is 32.3 Å². The second-order valence-electron chi connectivity index (χ2n) is 5.12. The standard InChI is InChI=1S/C15H14Cl2FN3O3S/c16-9-5-6-12(14(18)13(9)15(17)22)21-25(23,24)8-2-4-11-10(19)3-1-7-20-11/h1,3,5-7,21H,2,4,8,19H2. The second-order valence-corrected chi connectivity index (χ2v) is 7.71. The third kappa shape index (κ3) is 5.04. The van der Waals surface area contributed by atoms with Crippen molar-refractivity contribution in [1.29, 1.82) is 0 Å². The maximum absolute atomic E-state index is 14.2. The Kier molecular flexibility index (Phi) is 6.21. The fourth-order valence-electron chi connectivity index (χ4n) is 2.12. The average Bonchev–Trinajstić information content (AvgIpc) is 2.52. The van der Waals surface area contributed by atoms with E-state index in [2.05, 4.69) is 9.71 Å². The predicted molar refractivity (Wildman–Crippen MR) is 96.0 cm³/mol. The number of hydrogen-bond donors (Lipinski definition) is 2. The van der Waals surface area contributed by atoms with E-state index >= 15 is 0 Å². The molecule has 2 aromatic rings.